The minimum Gasteiger partial charge on any atom is -0.454 e. The van der Waals surface area contributed by atoms with Crippen molar-refractivity contribution in [3.63, 3.8) is 0 Å². The lowest BCUT2D eigenvalue weighted by atomic mass is 9.49. The Morgan fingerprint density at radius 1 is 0.745 bits per heavy atom. The summed E-state index contributed by atoms with van der Waals surface area (Å²) in [5.74, 6) is 5.66. The minimum atomic E-state index is -0.104. The topological polar surface area (TPSA) is 141 Å². The molecule has 1 aromatic heterocycles. The highest BCUT2D eigenvalue weighted by atomic mass is 16.7. The lowest BCUT2D eigenvalue weighted by molar-refractivity contribution is -0.0445. The van der Waals surface area contributed by atoms with Crippen molar-refractivity contribution in [3.8, 4) is 11.5 Å². The molecule has 4 aliphatic carbocycles. The molecule has 5 aliphatic rings. The minimum absolute atomic E-state index is 0.104. The summed E-state index contributed by atoms with van der Waals surface area (Å²) in [4.78, 5) is 26.2. The van der Waals surface area contributed by atoms with E-state index in [-0.39, 0.29) is 12.7 Å². The molecule has 0 unspecified atom stereocenters. The first-order valence-corrected chi connectivity index (χ1v) is 16.9. The van der Waals surface area contributed by atoms with Gasteiger partial charge >= 0.3 is 0 Å². The van der Waals surface area contributed by atoms with E-state index in [1.165, 1.54) is 38.5 Å². The number of nitrogens with zero attached hydrogens (tertiary/aromatic N) is 3. The zero-order valence-corrected chi connectivity index (χ0v) is 26.8. The van der Waals surface area contributed by atoms with Crippen molar-refractivity contribution in [1.82, 2.24) is 20.3 Å². The first kappa shape index (κ1) is 31.4. The van der Waals surface area contributed by atoms with Crippen molar-refractivity contribution in [3.05, 3.63) is 59.7 Å². The second-order valence-corrected chi connectivity index (χ2v) is 13.4. The maximum atomic E-state index is 12.1. The number of hydrogen-bond donors (Lipinski definition) is 4. The molecule has 12 nitrogen and oxygen atoms in total. The molecular weight excluding hydrogens is 598 g/mol. The molecule has 0 atom stereocenters. The molecule has 4 N–H and O–H groups in total. The second-order valence-electron chi connectivity index (χ2n) is 13.4. The van der Waals surface area contributed by atoms with E-state index < -0.39 is 0 Å². The largest absolute Gasteiger partial charge is 0.454 e. The summed E-state index contributed by atoms with van der Waals surface area (Å²) in [5, 5.41) is 13.1. The van der Waals surface area contributed by atoms with Crippen LogP contribution in [0.3, 0.4) is 0 Å². The SMILES string of the molecule is O=C(NCCOCCOCCNc1nc(NCc2ccc3c(c2)OCO3)nc(NCC23CC4CC(CC(C4)C2)C3)n1)c1ccccc1. The quantitative estimate of drug-likeness (QED) is 0.152. The van der Waals surface area contributed by atoms with Gasteiger partial charge in [0, 0.05) is 31.7 Å². The first-order valence-electron chi connectivity index (χ1n) is 16.9. The summed E-state index contributed by atoms with van der Waals surface area (Å²) in [6, 6.07) is 15.1. The van der Waals surface area contributed by atoms with Crippen LogP contribution in [0.2, 0.25) is 0 Å². The normalized spacial score (nSPS) is 23.4. The van der Waals surface area contributed by atoms with Gasteiger partial charge in [-0.15, -0.1) is 0 Å². The van der Waals surface area contributed by atoms with E-state index in [0.717, 1.165) is 41.4 Å². The third kappa shape index (κ3) is 8.23. The third-order valence-electron chi connectivity index (χ3n) is 9.78. The molecule has 0 spiro atoms. The Morgan fingerprint density at radius 2 is 1.38 bits per heavy atom. The lowest BCUT2D eigenvalue weighted by Crippen LogP contribution is -2.49. The van der Waals surface area contributed by atoms with Crippen LogP contribution in [0, 0.1) is 23.2 Å². The number of rotatable bonds is 17. The van der Waals surface area contributed by atoms with Crippen molar-refractivity contribution >= 4 is 23.8 Å². The van der Waals surface area contributed by atoms with Crippen LogP contribution in [-0.4, -0.2) is 73.7 Å². The van der Waals surface area contributed by atoms with Crippen molar-refractivity contribution in [2.75, 3.05) is 68.8 Å². The van der Waals surface area contributed by atoms with E-state index in [0.29, 0.717) is 74.9 Å². The molecule has 1 aliphatic heterocycles. The fourth-order valence-corrected chi connectivity index (χ4v) is 8.10. The number of nitrogens with one attached hydrogen (secondary N) is 4. The van der Waals surface area contributed by atoms with Crippen molar-refractivity contribution < 1.29 is 23.7 Å². The van der Waals surface area contributed by atoms with Gasteiger partial charge in [0.05, 0.1) is 26.4 Å². The molecule has 2 heterocycles. The zero-order chi connectivity index (χ0) is 31.9. The molecule has 12 heteroatoms. The Bertz CT molecular complexity index is 1470. The molecule has 4 bridgehead atoms. The van der Waals surface area contributed by atoms with E-state index in [2.05, 4.69) is 26.3 Å². The van der Waals surface area contributed by atoms with Crippen LogP contribution < -0.4 is 30.7 Å². The molecule has 4 fully saturated rings. The van der Waals surface area contributed by atoms with Crippen LogP contribution in [0.4, 0.5) is 17.8 Å². The highest BCUT2D eigenvalue weighted by Gasteiger charge is 2.50. The van der Waals surface area contributed by atoms with Gasteiger partial charge in [0.15, 0.2) is 11.5 Å². The summed E-state index contributed by atoms with van der Waals surface area (Å²) in [6.45, 7) is 4.45. The van der Waals surface area contributed by atoms with Crippen LogP contribution in [0.15, 0.2) is 48.5 Å². The van der Waals surface area contributed by atoms with Crippen LogP contribution in [0.5, 0.6) is 11.5 Å². The molecule has 3 aromatic rings. The molecule has 8 rings (SSSR count). The average molecular weight is 644 g/mol. The fraction of sp³-hybridized carbons (Fsp3) is 0.543. The number of benzene rings is 2. The van der Waals surface area contributed by atoms with Gasteiger partial charge < -0.3 is 40.2 Å². The number of amides is 1. The van der Waals surface area contributed by atoms with Crippen LogP contribution in [-0.2, 0) is 16.0 Å². The Hall–Kier alpha value is -4.16. The number of aromatic nitrogens is 3. The predicted octanol–water partition coefficient (Wildman–Crippen LogP) is 4.72. The van der Waals surface area contributed by atoms with Gasteiger partial charge in [0.2, 0.25) is 24.6 Å². The number of ether oxygens (including phenoxy) is 4. The number of carbonyl (C=O) groups is 1. The number of carbonyl (C=O) groups excluding carboxylic acids is 1. The summed E-state index contributed by atoms with van der Waals surface area (Å²) in [5.41, 5.74) is 2.04. The first-order chi connectivity index (χ1) is 23.1. The van der Waals surface area contributed by atoms with Crippen molar-refractivity contribution in [1.29, 1.82) is 0 Å². The molecular formula is C35H45N7O5. The summed E-state index contributed by atoms with van der Waals surface area (Å²) in [6.07, 6.45) is 8.23. The summed E-state index contributed by atoms with van der Waals surface area (Å²) < 4.78 is 22.3. The molecule has 0 radical (unpaired) electrons. The summed E-state index contributed by atoms with van der Waals surface area (Å²) >= 11 is 0. The Morgan fingerprint density at radius 3 is 2.11 bits per heavy atom. The lowest BCUT2D eigenvalue weighted by Gasteiger charge is -2.56. The molecule has 2 aromatic carbocycles. The standard InChI is InChI=1S/C35H45N7O5/c43-31(28-4-2-1-3-5-28)36-8-10-44-12-13-45-11-9-37-32-40-33(38-21-24-6-7-29-30(17-24)47-23-46-29)42-34(41-32)39-22-35-18-25-14-26(19-35)16-27(15-25)20-35/h1-7,17,25-27H,8-16,18-23H2,(H,36,43)(H3,37,38,39,40,41,42). The van der Waals surface area contributed by atoms with Crippen LogP contribution in [0.1, 0.15) is 54.4 Å². The monoisotopic (exact) mass is 643 g/mol. The molecule has 250 valence electrons. The van der Waals surface area contributed by atoms with Gasteiger partial charge in [-0.25, -0.2) is 0 Å². The molecule has 0 saturated heterocycles. The number of hydrogen-bond acceptors (Lipinski definition) is 11. The van der Waals surface area contributed by atoms with Gasteiger partial charge in [-0.3, -0.25) is 4.79 Å². The Kier molecular flexibility index (Phi) is 9.85. The van der Waals surface area contributed by atoms with Crippen molar-refractivity contribution in [2.45, 2.75) is 45.1 Å². The average Bonchev–Trinajstić information content (AvgIpc) is 3.55. The van der Waals surface area contributed by atoms with Gasteiger partial charge in [0.1, 0.15) is 0 Å². The zero-order valence-electron chi connectivity index (χ0n) is 26.8. The van der Waals surface area contributed by atoms with Crippen LogP contribution >= 0.6 is 0 Å². The molecule has 4 saturated carbocycles. The predicted molar refractivity (Wildman–Crippen MR) is 178 cm³/mol. The van der Waals surface area contributed by atoms with Crippen LogP contribution in [0.25, 0.3) is 0 Å². The van der Waals surface area contributed by atoms with E-state index in [1.54, 1.807) is 12.1 Å². The van der Waals surface area contributed by atoms with Gasteiger partial charge in [0.25, 0.3) is 5.91 Å². The van der Waals surface area contributed by atoms with Gasteiger partial charge in [-0.05, 0) is 91.5 Å². The molecule has 1 amide bonds. The Labute approximate surface area is 275 Å². The maximum Gasteiger partial charge on any atom is 0.251 e. The smallest absolute Gasteiger partial charge is 0.251 e. The highest BCUT2D eigenvalue weighted by Crippen LogP contribution is 2.59. The highest BCUT2D eigenvalue weighted by molar-refractivity contribution is 5.94. The van der Waals surface area contributed by atoms with E-state index in [4.69, 9.17) is 28.9 Å². The van der Waals surface area contributed by atoms with Crippen molar-refractivity contribution in [2.24, 2.45) is 23.2 Å². The van der Waals surface area contributed by atoms with E-state index >= 15 is 0 Å². The van der Waals surface area contributed by atoms with Gasteiger partial charge in [-0.1, -0.05) is 24.3 Å². The van der Waals surface area contributed by atoms with E-state index in [9.17, 15) is 4.79 Å². The second kappa shape index (κ2) is 14.7. The van der Waals surface area contributed by atoms with Gasteiger partial charge in [-0.2, -0.15) is 15.0 Å². The number of fused-ring (bicyclic) bond motifs is 1. The number of anilines is 3. The van der Waals surface area contributed by atoms with E-state index in [1.807, 2.05) is 36.4 Å². The fourth-order valence-electron chi connectivity index (χ4n) is 8.10. The summed E-state index contributed by atoms with van der Waals surface area (Å²) in [7, 11) is 0. The Balaban J connectivity index is 0.876. The molecule has 47 heavy (non-hydrogen) atoms. The third-order valence-corrected chi connectivity index (χ3v) is 9.78. The maximum absolute atomic E-state index is 12.1.